The Morgan fingerprint density at radius 3 is 1.90 bits per heavy atom. The number of nitrogens with zero attached hydrogens (tertiary/aromatic N) is 2. The van der Waals surface area contributed by atoms with Crippen molar-refractivity contribution in [2.75, 3.05) is 0 Å². The Morgan fingerprint density at radius 2 is 1.15 bits per heavy atom. The Morgan fingerprint density at radius 1 is 0.513 bits per heavy atom. The van der Waals surface area contributed by atoms with Crippen molar-refractivity contribution in [3.8, 4) is 0 Å². The summed E-state index contributed by atoms with van der Waals surface area (Å²) in [6.07, 6.45) is 0. The van der Waals surface area contributed by atoms with Crippen LogP contribution in [0.25, 0.3) is 49.1 Å². The number of hydrogen-bond donors (Lipinski definition) is 0. The number of imidazole rings is 1. The van der Waals surface area contributed by atoms with Crippen molar-refractivity contribution in [1.82, 2.24) is 9.38 Å². The summed E-state index contributed by atoms with van der Waals surface area (Å²) in [7, 11) is 0. The van der Waals surface area contributed by atoms with Crippen LogP contribution >= 0.6 is 5.51 Å². The molecule has 0 aliphatic heterocycles. The summed E-state index contributed by atoms with van der Waals surface area (Å²) < 4.78 is 2.33. The Labute approximate surface area is 233 Å². The average Bonchev–Trinajstić information content (AvgIpc) is 3.41. The number of hydrogen-bond acceptors (Lipinski definition) is 1. The number of fused-ring (bicyclic) bond motifs is 9. The van der Waals surface area contributed by atoms with Gasteiger partial charge in [-0.15, -0.1) is 0 Å². The summed E-state index contributed by atoms with van der Waals surface area (Å²) in [5.74, 6) is 0. The summed E-state index contributed by atoms with van der Waals surface area (Å²) in [4.78, 5) is 5.17. The van der Waals surface area contributed by atoms with Crippen molar-refractivity contribution < 1.29 is 0 Å². The normalized spacial score (nSPS) is 12.2. The predicted octanol–water partition coefficient (Wildman–Crippen LogP) is 7.32. The molecule has 0 N–H and O–H groups in total. The molecule has 0 aliphatic rings. The molecule has 8 aromatic rings. The van der Waals surface area contributed by atoms with E-state index in [4.69, 9.17) is 4.98 Å². The molecule has 6 aromatic carbocycles. The number of pyridine rings is 1. The molecular weight excluding hydrogens is 558 g/mol. The van der Waals surface area contributed by atoms with Crippen molar-refractivity contribution in [3.05, 3.63) is 140 Å². The topological polar surface area (TPSA) is 17.3 Å². The van der Waals surface area contributed by atoms with Crippen molar-refractivity contribution in [2.24, 2.45) is 0 Å². The maximum atomic E-state index is 5.17. The zero-order chi connectivity index (χ0) is 26.0. The predicted molar refractivity (Wildman–Crippen MR) is 170 cm³/mol. The molecule has 0 radical (unpaired) electrons. The molecule has 2 nitrogen and oxygen atoms in total. The first-order chi connectivity index (χ1) is 19.2. The van der Waals surface area contributed by atoms with E-state index in [1.807, 2.05) is 0 Å². The fourth-order valence-corrected chi connectivity index (χ4v) is 11.4. The van der Waals surface area contributed by atoms with Gasteiger partial charge in [-0.1, -0.05) is 0 Å². The molecule has 0 saturated heterocycles. The van der Waals surface area contributed by atoms with E-state index < -0.39 is 5.51 Å². The molecule has 39 heavy (non-hydrogen) atoms. The van der Waals surface area contributed by atoms with Crippen molar-refractivity contribution >= 4 is 85.6 Å². The summed E-state index contributed by atoms with van der Waals surface area (Å²) in [6.45, 7) is 0. The fraction of sp³-hybridized carbons (Fsp3) is 0. The molecule has 4 heteroatoms. The van der Waals surface area contributed by atoms with Gasteiger partial charge in [-0.25, -0.2) is 0 Å². The van der Waals surface area contributed by atoms with E-state index in [9.17, 15) is 0 Å². The molecule has 0 atom stereocenters. The Hall–Kier alpha value is -4.00. The van der Waals surface area contributed by atoms with Crippen LogP contribution in [-0.4, -0.2) is 24.5 Å². The van der Waals surface area contributed by atoms with Gasteiger partial charge in [0.15, 0.2) is 0 Å². The fourth-order valence-electron chi connectivity index (χ4n) is 6.04. The van der Waals surface area contributed by atoms with Gasteiger partial charge in [0.25, 0.3) is 0 Å². The van der Waals surface area contributed by atoms with Gasteiger partial charge in [0.2, 0.25) is 0 Å². The van der Waals surface area contributed by atoms with E-state index >= 15 is 0 Å². The van der Waals surface area contributed by atoms with Gasteiger partial charge in [-0.05, 0) is 0 Å². The second-order valence-electron chi connectivity index (χ2n) is 9.95. The monoisotopic (exact) mass is 582 g/mol. The van der Waals surface area contributed by atoms with Gasteiger partial charge in [0.05, 0.1) is 0 Å². The van der Waals surface area contributed by atoms with Gasteiger partial charge in [0, 0.05) is 0 Å². The second-order valence-corrected chi connectivity index (χ2v) is 16.1. The van der Waals surface area contributed by atoms with Crippen molar-refractivity contribution in [1.29, 1.82) is 0 Å². The number of benzene rings is 6. The molecule has 0 amide bonds. The molecule has 184 valence electrons. The zero-order valence-electron chi connectivity index (χ0n) is 21.0. The van der Waals surface area contributed by atoms with Crippen molar-refractivity contribution in [3.63, 3.8) is 0 Å². The molecule has 0 fully saturated rings. The molecule has 0 bridgehead atoms. The van der Waals surface area contributed by atoms with Crippen LogP contribution in [0.5, 0.6) is 0 Å². The zero-order valence-corrected chi connectivity index (χ0v) is 23.6. The Kier molecular flexibility index (Phi) is 5.15. The van der Waals surface area contributed by atoms with Gasteiger partial charge in [-0.2, -0.15) is 0 Å². The molecule has 0 spiro atoms. The van der Waals surface area contributed by atoms with Crippen molar-refractivity contribution in [2.45, 2.75) is 0 Å². The SMILES string of the molecule is [Se]=P(c1ccccc1)(c1ccccc1)c1cccc2cc3c4ccccc4n4c5ccccc5nc4c3cc12. The van der Waals surface area contributed by atoms with E-state index in [0.29, 0.717) is 0 Å². The quantitative estimate of drug-likeness (QED) is 0.0925. The van der Waals surface area contributed by atoms with E-state index in [2.05, 4.69) is 159 Å². The second kappa shape index (κ2) is 8.76. The van der Waals surface area contributed by atoms with Gasteiger partial charge in [-0.3, -0.25) is 0 Å². The number of para-hydroxylation sites is 3. The standard InChI is InChI=1S/C35H23N2PSe/c39-38(25-13-3-1-4-14-25,26-15-5-2-6-16-26)34-21-11-12-24-22-29-27-17-7-9-19-32(27)37-33-20-10-8-18-31(33)36-35(37)30(29)23-28(24)34/h1-23H. The molecular formula is C35H23N2PSe. The first kappa shape index (κ1) is 22.9. The first-order valence-corrected chi connectivity index (χ1v) is 17.1. The molecule has 2 aromatic heterocycles. The average molecular weight is 582 g/mol. The summed E-state index contributed by atoms with van der Waals surface area (Å²) in [5, 5.41) is 10.2. The van der Waals surface area contributed by atoms with E-state index in [-0.39, 0.29) is 0 Å². The minimum atomic E-state index is -2.04. The van der Waals surface area contributed by atoms with Crippen LogP contribution < -0.4 is 15.9 Å². The third-order valence-electron chi connectivity index (χ3n) is 7.81. The molecule has 2 heterocycles. The first-order valence-electron chi connectivity index (χ1n) is 13.1. The van der Waals surface area contributed by atoms with Crippen LogP contribution in [0, 0.1) is 0 Å². The summed E-state index contributed by atoms with van der Waals surface area (Å²) in [6, 6.07) is 50.6. The van der Waals surface area contributed by atoms with Crippen LogP contribution in [-0.2, 0) is 0 Å². The molecule has 8 rings (SSSR count). The molecule has 0 unspecified atom stereocenters. The molecule has 0 aliphatic carbocycles. The van der Waals surface area contributed by atoms with Crippen LogP contribution in [0.2, 0.25) is 0 Å². The van der Waals surface area contributed by atoms with Crippen LogP contribution in [0.15, 0.2) is 140 Å². The van der Waals surface area contributed by atoms with E-state index in [1.54, 1.807) is 0 Å². The number of aromatic nitrogens is 2. The van der Waals surface area contributed by atoms with Gasteiger partial charge < -0.3 is 0 Å². The Bertz CT molecular complexity index is 2210. The molecule has 0 saturated carbocycles. The van der Waals surface area contributed by atoms with E-state index in [0.717, 1.165) is 16.7 Å². The third-order valence-corrected chi connectivity index (χ3v) is 14.8. The minimum absolute atomic E-state index is 1.00. The van der Waals surface area contributed by atoms with Gasteiger partial charge >= 0.3 is 235 Å². The number of rotatable bonds is 3. The van der Waals surface area contributed by atoms with Gasteiger partial charge in [0.1, 0.15) is 0 Å². The summed E-state index contributed by atoms with van der Waals surface area (Å²) >= 11 is 3.76. The van der Waals surface area contributed by atoms with E-state index in [1.165, 1.54) is 48.4 Å². The third kappa shape index (κ3) is 3.35. The Balaban J connectivity index is 1.56. The van der Waals surface area contributed by atoms with Crippen LogP contribution in [0.3, 0.4) is 0 Å². The summed E-state index contributed by atoms with van der Waals surface area (Å²) in [5.41, 5.74) is 2.30. The van der Waals surface area contributed by atoms with Crippen LogP contribution in [0.1, 0.15) is 0 Å². The maximum absolute atomic E-state index is 5.17. The van der Waals surface area contributed by atoms with Crippen LogP contribution in [0.4, 0.5) is 0 Å².